The highest BCUT2D eigenvalue weighted by Gasteiger charge is 2.02. The summed E-state index contributed by atoms with van der Waals surface area (Å²) >= 11 is 13.3. The van der Waals surface area contributed by atoms with Gasteiger partial charge in [-0.1, -0.05) is 29.3 Å². The lowest BCUT2D eigenvalue weighted by Crippen LogP contribution is -1.89. The fourth-order valence-corrected chi connectivity index (χ4v) is 2.57. The maximum absolute atomic E-state index is 5.92. The molecule has 0 aliphatic rings. The summed E-state index contributed by atoms with van der Waals surface area (Å²) in [5.41, 5.74) is 7.69. The molecule has 17 heavy (non-hydrogen) atoms. The molecule has 0 aliphatic heterocycles. The number of pyridine rings is 1. The Balaban J connectivity index is 2.07. The monoisotopic (exact) mass is 284 g/mol. The van der Waals surface area contributed by atoms with Crippen LogP contribution >= 0.6 is 35.0 Å². The number of nitrogen functional groups attached to an aromatic ring is 1. The Morgan fingerprint density at radius 1 is 1.18 bits per heavy atom. The van der Waals surface area contributed by atoms with Crippen molar-refractivity contribution in [2.24, 2.45) is 0 Å². The van der Waals surface area contributed by atoms with Gasteiger partial charge in [-0.05, 0) is 29.8 Å². The Kier molecular flexibility index (Phi) is 4.15. The second-order valence-corrected chi connectivity index (χ2v) is 5.30. The second kappa shape index (κ2) is 5.63. The van der Waals surface area contributed by atoms with Crippen LogP contribution in [0.25, 0.3) is 0 Å². The fourth-order valence-electron chi connectivity index (χ4n) is 1.29. The zero-order valence-corrected chi connectivity index (χ0v) is 11.2. The number of thioether (sulfide) groups is 1. The van der Waals surface area contributed by atoms with Gasteiger partial charge in [0.15, 0.2) is 0 Å². The van der Waals surface area contributed by atoms with E-state index < -0.39 is 0 Å². The summed E-state index contributed by atoms with van der Waals surface area (Å²) in [7, 11) is 0. The van der Waals surface area contributed by atoms with Gasteiger partial charge < -0.3 is 5.73 Å². The van der Waals surface area contributed by atoms with Crippen LogP contribution in [0, 0.1) is 0 Å². The van der Waals surface area contributed by atoms with Crippen LogP contribution in [0.15, 0.2) is 41.4 Å². The second-order valence-electron chi connectivity index (χ2n) is 3.46. The third-order valence-electron chi connectivity index (χ3n) is 2.16. The Morgan fingerprint density at radius 3 is 2.71 bits per heavy atom. The molecule has 0 radical (unpaired) electrons. The highest BCUT2D eigenvalue weighted by Crippen LogP contribution is 2.30. The first kappa shape index (κ1) is 12.6. The minimum atomic E-state index is 0.501. The van der Waals surface area contributed by atoms with Crippen LogP contribution in [-0.2, 0) is 5.75 Å². The van der Waals surface area contributed by atoms with E-state index in [-0.39, 0.29) is 0 Å². The van der Waals surface area contributed by atoms with E-state index in [0.29, 0.717) is 10.2 Å². The molecule has 0 amide bonds. The van der Waals surface area contributed by atoms with Gasteiger partial charge in [-0.2, -0.15) is 0 Å². The van der Waals surface area contributed by atoms with Crippen LogP contribution < -0.4 is 5.73 Å². The normalized spacial score (nSPS) is 10.5. The first-order chi connectivity index (χ1) is 8.15. The third-order valence-corrected chi connectivity index (χ3v) is 3.76. The molecule has 0 saturated heterocycles. The lowest BCUT2D eigenvalue weighted by Gasteiger charge is -2.05. The van der Waals surface area contributed by atoms with Crippen LogP contribution in [0.1, 0.15) is 5.56 Å². The summed E-state index contributed by atoms with van der Waals surface area (Å²) in [5, 5.41) is 1.19. The zero-order valence-electron chi connectivity index (χ0n) is 8.86. The maximum Gasteiger partial charge on any atom is 0.129 e. The predicted molar refractivity (Wildman–Crippen MR) is 74.7 cm³/mol. The molecule has 2 rings (SSSR count). The Morgan fingerprint density at radius 2 is 2.00 bits per heavy atom. The van der Waals surface area contributed by atoms with E-state index in [9.17, 15) is 0 Å². The lowest BCUT2D eigenvalue weighted by molar-refractivity contribution is 1.25. The highest BCUT2D eigenvalue weighted by molar-refractivity contribution is 7.98. The minimum absolute atomic E-state index is 0.501. The van der Waals surface area contributed by atoms with E-state index in [1.807, 2.05) is 18.2 Å². The Labute approximate surface area is 114 Å². The quantitative estimate of drug-likeness (QED) is 0.520. The van der Waals surface area contributed by atoms with Gasteiger partial charge in [0.2, 0.25) is 0 Å². The van der Waals surface area contributed by atoms with Crippen molar-refractivity contribution in [2.45, 2.75) is 10.6 Å². The van der Waals surface area contributed by atoms with Gasteiger partial charge in [-0.3, -0.25) is 0 Å². The molecule has 1 aromatic carbocycles. The molecule has 0 spiro atoms. The Hall–Kier alpha value is -0.900. The number of hydrogen-bond acceptors (Lipinski definition) is 3. The molecule has 5 heteroatoms. The number of rotatable bonds is 3. The fraction of sp³-hybridized carbons (Fsp3) is 0.0833. The smallest absolute Gasteiger partial charge is 0.129 e. The number of nitrogens with zero attached hydrogens (tertiary/aromatic N) is 1. The molecular formula is C12H10Cl2N2S. The van der Waals surface area contributed by atoms with E-state index in [2.05, 4.69) is 4.98 Å². The molecule has 0 saturated carbocycles. The van der Waals surface area contributed by atoms with Crippen LogP contribution in [0.5, 0.6) is 0 Å². The van der Waals surface area contributed by atoms with Crippen molar-refractivity contribution in [1.29, 1.82) is 0 Å². The molecule has 2 nitrogen and oxygen atoms in total. The number of benzene rings is 1. The largest absolute Gasteiger partial charge is 0.398 e. The number of halogens is 2. The van der Waals surface area contributed by atoms with Crippen molar-refractivity contribution in [3.63, 3.8) is 0 Å². The zero-order chi connectivity index (χ0) is 12.3. The number of aromatic nitrogens is 1. The van der Waals surface area contributed by atoms with Gasteiger partial charge in [-0.15, -0.1) is 11.8 Å². The van der Waals surface area contributed by atoms with Crippen LogP contribution in [0.3, 0.4) is 0 Å². The van der Waals surface area contributed by atoms with Crippen molar-refractivity contribution in [3.8, 4) is 0 Å². The molecule has 88 valence electrons. The first-order valence-electron chi connectivity index (χ1n) is 4.93. The topological polar surface area (TPSA) is 38.9 Å². The molecule has 1 heterocycles. The van der Waals surface area contributed by atoms with Gasteiger partial charge in [0, 0.05) is 27.6 Å². The molecular weight excluding hydrogens is 275 g/mol. The SMILES string of the molecule is Nc1ccc(Cl)cc1SCc1ccc(Cl)nc1. The summed E-state index contributed by atoms with van der Waals surface area (Å²) in [6.45, 7) is 0. The minimum Gasteiger partial charge on any atom is -0.398 e. The molecule has 2 aromatic rings. The average molecular weight is 285 g/mol. The van der Waals surface area contributed by atoms with Crippen molar-refractivity contribution >= 4 is 40.7 Å². The number of nitrogens with two attached hydrogens (primary N) is 1. The van der Waals surface area contributed by atoms with Gasteiger partial charge >= 0.3 is 0 Å². The Bertz CT molecular complexity index is 514. The highest BCUT2D eigenvalue weighted by atomic mass is 35.5. The summed E-state index contributed by atoms with van der Waals surface area (Å²) in [6, 6.07) is 9.18. The molecule has 1 aromatic heterocycles. The molecule has 0 unspecified atom stereocenters. The standard InChI is InChI=1S/C12H10Cl2N2S/c13-9-2-3-10(15)11(5-9)17-7-8-1-4-12(14)16-6-8/h1-6H,7,15H2. The van der Waals surface area contributed by atoms with Crippen molar-refractivity contribution in [1.82, 2.24) is 4.98 Å². The van der Waals surface area contributed by atoms with E-state index in [1.165, 1.54) is 0 Å². The van der Waals surface area contributed by atoms with Gasteiger partial charge in [-0.25, -0.2) is 4.98 Å². The molecule has 2 N–H and O–H groups in total. The van der Waals surface area contributed by atoms with Crippen molar-refractivity contribution in [3.05, 3.63) is 52.3 Å². The third kappa shape index (κ3) is 3.53. The molecule has 0 aliphatic carbocycles. The molecule has 0 atom stereocenters. The molecule has 0 bridgehead atoms. The van der Waals surface area contributed by atoms with E-state index in [4.69, 9.17) is 28.9 Å². The average Bonchev–Trinajstić information content (AvgIpc) is 2.32. The van der Waals surface area contributed by atoms with Crippen LogP contribution in [0.4, 0.5) is 5.69 Å². The maximum atomic E-state index is 5.92. The van der Waals surface area contributed by atoms with Gasteiger partial charge in [0.1, 0.15) is 5.15 Å². The predicted octanol–water partition coefficient (Wildman–Crippen LogP) is 4.26. The number of anilines is 1. The summed E-state index contributed by atoms with van der Waals surface area (Å²) < 4.78 is 0. The van der Waals surface area contributed by atoms with E-state index in [1.54, 1.807) is 30.1 Å². The summed E-state index contributed by atoms with van der Waals surface area (Å²) in [4.78, 5) is 5.01. The van der Waals surface area contributed by atoms with Crippen molar-refractivity contribution < 1.29 is 0 Å². The van der Waals surface area contributed by atoms with E-state index in [0.717, 1.165) is 21.9 Å². The first-order valence-corrected chi connectivity index (χ1v) is 6.67. The number of hydrogen-bond donors (Lipinski definition) is 1. The van der Waals surface area contributed by atoms with Crippen molar-refractivity contribution in [2.75, 3.05) is 5.73 Å². The van der Waals surface area contributed by atoms with Gasteiger partial charge in [0.05, 0.1) is 0 Å². The lowest BCUT2D eigenvalue weighted by atomic mass is 10.3. The molecule has 0 fully saturated rings. The summed E-state index contributed by atoms with van der Waals surface area (Å²) in [5.74, 6) is 0.786. The summed E-state index contributed by atoms with van der Waals surface area (Å²) in [6.07, 6.45) is 1.76. The van der Waals surface area contributed by atoms with E-state index >= 15 is 0 Å². The van der Waals surface area contributed by atoms with Crippen LogP contribution in [-0.4, -0.2) is 4.98 Å². The van der Waals surface area contributed by atoms with Crippen LogP contribution in [0.2, 0.25) is 10.2 Å². The van der Waals surface area contributed by atoms with Gasteiger partial charge in [0.25, 0.3) is 0 Å².